The van der Waals surface area contributed by atoms with Gasteiger partial charge in [0.05, 0.1) is 26.2 Å². The maximum Gasteiger partial charge on any atom is 0.254 e. The normalized spacial score (nSPS) is 17.7. The molecule has 3 rings (SSSR count). The molecule has 2 atom stereocenters. The average molecular weight is 443 g/mol. The van der Waals surface area contributed by atoms with E-state index in [0.29, 0.717) is 41.3 Å². The Balaban J connectivity index is 2.25. The second-order valence-electron chi connectivity index (χ2n) is 7.93. The highest BCUT2D eigenvalue weighted by molar-refractivity contribution is 6.02. The first-order valence-corrected chi connectivity index (χ1v) is 11.0. The summed E-state index contributed by atoms with van der Waals surface area (Å²) < 4.78 is 25.8. The Morgan fingerprint density at radius 1 is 1.09 bits per heavy atom. The van der Waals surface area contributed by atoms with E-state index in [1.165, 1.54) is 25.2 Å². The van der Waals surface area contributed by atoms with E-state index in [-0.39, 0.29) is 11.8 Å². The summed E-state index contributed by atoms with van der Waals surface area (Å²) in [5.41, 5.74) is 1.20. The monoisotopic (exact) mass is 442 g/mol. The smallest absolute Gasteiger partial charge is 0.254 e. The Morgan fingerprint density at radius 2 is 1.75 bits per heavy atom. The third kappa shape index (κ3) is 4.16. The number of hydrogen-bond donors (Lipinski definition) is 0. The second kappa shape index (κ2) is 10.0. The number of methoxy groups -OCH3 is 2. The van der Waals surface area contributed by atoms with Gasteiger partial charge in [0.15, 0.2) is 11.5 Å². The number of hydrogen-bond acceptors (Lipinski definition) is 4. The number of unbranched alkanes of at least 4 members (excludes halogenated alkanes) is 1. The number of ether oxygens (including phenoxy) is 2. The van der Waals surface area contributed by atoms with Crippen LogP contribution in [-0.2, 0) is 4.79 Å². The highest BCUT2D eigenvalue weighted by Crippen LogP contribution is 2.46. The molecule has 0 saturated heterocycles. The molecule has 0 spiro atoms. The summed E-state index contributed by atoms with van der Waals surface area (Å²) in [5, 5.41) is 0. The Kier molecular flexibility index (Phi) is 7.38. The van der Waals surface area contributed by atoms with Gasteiger partial charge in [-0.1, -0.05) is 31.5 Å². The van der Waals surface area contributed by atoms with Gasteiger partial charge in [-0.15, -0.1) is 0 Å². The quantitative estimate of drug-likeness (QED) is 0.608. The number of benzene rings is 2. The molecule has 1 aliphatic rings. The SMILES string of the molecule is CCCCN(CC)C(=O)[C@H]1c2cc(OC)c(OC)cc2C(=O)N(C)[C@H]1c1ccccc1F. The summed E-state index contributed by atoms with van der Waals surface area (Å²) in [7, 11) is 4.61. The lowest BCUT2D eigenvalue weighted by Crippen LogP contribution is -2.47. The van der Waals surface area contributed by atoms with E-state index in [9.17, 15) is 14.0 Å². The van der Waals surface area contributed by atoms with Crippen molar-refractivity contribution in [2.24, 2.45) is 0 Å². The van der Waals surface area contributed by atoms with Crippen LogP contribution in [0.1, 0.15) is 60.1 Å². The largest absolute Gasteiger partial charge is 0.493 e. The molecule has 7 heteroatoms. The molecule has 6 nitrogen and oxygen atoms in total. The molecule has 32 heavy (non-hydrogen) atoms. The van der Waals surface area contributed by atoms with Gasteiger partial charge in [-0.25, -0.2) is 4.39 Å². The van der Waals surface area contributed by atoms with Crippen LogP contribution in [0, 0.1) is 5.82 Å². The highest BCUT2D eigenvalue weighted by Gasteiger charge is 2.45. The van der Waals surface area contributed by atoms with Crippen LogP contribution >= 0.6 is 0 Å². The highest BCUT2D eigenvalue weighted by atomic mass is 19.1. The lowest BCUT2D eigenvalue weighted by molar-refractivity contribution is -0.134. The van der Waals surface area contributed by atoms with Crippen LogP contribution < -0.4 is 9.47 Å². The molecule has 0 radical (unpaired) electrons. The predicted octanol–water partition coefficient (Wildman–Crippen LogP) is 4.40. The minimum Gasteiger partial charge on any atom is -0.493 e. The number of amides is 2. The van der Waals surface area contributed by atoms with Crippen molar-refractivity contribution < 1.29 is 23.5 Å². The molecule has 2 amide bonds. The number of fused-ring (bicyclic) bond motifs is 1. The van der Waals surface area contributed by atoms with Crippen LogP contribution in [0.5, 0.6) is 11.5 Å². The van der Waals surface area contributed by atoms with Gasteiger partial charge in [0.25, 0.3) is 5.91 Å². The van der Waals surface area contributed by atoms with Gasteiger partial charge in [0.1, 0.15) is 5.82 Å². The van der Waals surface area contributed by atoms with E-state index < -0.39 is 17.8 Å². The first-order valence-electron chi connectivity index (χ1n) is 11.0. The Morgan fingerprint density at radius 3 is 2.34 bits per heavy atom. The second-order valence-corrected chi connectivity index (χ2v) is 7.93. The van der Waals surface area contributed by atoms with Crippen LogP contribution in [0.3, 0.4) is 0 Å². The lowest BCUT2D eigenvalue weighted by atomic mass is 9.78. The molecule has 0 unspecified atom stereocenters. The van der Waals surface area contributed by atoms with Gasteiger partial charge in [0.2, 0.25) is 5.91 Å². The van der Waals surface area contributed by atoms with Gasteiger partial charge in [-0.3, -0.25) is 9.59 Å². The number of carbonyl (C=O) groups excluding carboxylic acids is 2. The Bertz CT molecular complexity index is 994. The van der Waals surface area contributed by atoms with Crippen molar-refractivity contribution in [1.29, 1.82) is 0 Å². The molecular weight excluding hydrogens is 411 g/mol. The van der Waals surface area contributed by atoms with Gasteiger partial charge in [-0.05, 0) is 37.1 Å². The van der Waals surface area contributed by atoms with E-state index in [4.69, 9.17) is 9.47 Å². The summed E-state index contributed by atoms with van der Waals surface area (Å²) >= 11 is 0. The molecule has 1 aliphatic heterocycles. The fourth-order valence-corrected chi connectivity index (χ4v) is 4.39. The average Bonchev–Trinajstić information content (AvgIpc) is 2.81. The zero-order chi connectivity index (χ0) is 23.4. The van der Waals surface area contributed by atoms with Crippen LogP contribution in [0.25, 0.3) is 0 Å². The van der Waals surface area contributed by atoms with E-state index in [1.54, 1.807) is 42.3 Å². The number of halogens is 1. The van der Waals surface area contributed by atoms with Crippen molar-refractivity contribution in [2.75, 3.05) is 34.4 Å². The zero-order valence-electron chi connectivity index (χ0n) is 19.4. The molecule has 0 N–H and O–H groups in total. The molecule has 1 heterocycles. The minimum absolute atomic E-state index is 0.137. The van der Waals surface area contributed by atoms with Gasteiger partial charge in [-0.2, -0.15) is 0 Å². The maximum atomic E-state index is 14.9. The van der Waals surface area contributed by atoms with Crippen LogP contribution in [0.2, 0.25) is 0 Å². The van der Waals surface area contributed by atoms with E-state index in [2.05, 4.69) is 6.92 Å². The fourth-order valence-electron chi connectivity index (χ4n) is 4.39. The first kappa shape index (κ1) is 23.6. The van der Waals surface area contributed by atoms with Gasteiger partial charge >= 0.3 is 0 Å². The number of rotatable bonds is 8. The summed E-state index contributed by atoms with van der Waals surface area (Å²) in [6.45, 7) is 5.13. The van der Waals surface area contributed by atoms with Crippen molar-refractivity contribution in [3.8, 4) is 11.5 Å². The van der Waals surface area contributed by atoms with Gasteiger partial charge < -0.3 is 19.3 Å². The van der Waals surface area contributed by atoms with Crippen molar-refractivity contribution in [3.05, 3.63) is 58.9 Å². The number of likely N-dealkylation sites (N-methyl/N-ethyl adjacent to an activating group) is 2. The molecule has 0 aliphatic carbocycles. The Hall–Kier alpha value is -3.09. The maximum absolute atomic E-state index is 14.9. The third-order valence-corrected chi connectivity index (χ3v) is 6.14. The van der Waals surface area contributed by atoms with Crippen LogP contribution in [0.15, 0.2) is 36.4 Å². The third-order valence-electron chi connectivity index (χ3n) is 6.14. The van der Waals surface area contributed by atoms with Crippen molar-refractivity contribution in [1.82, 2.24) is 9.80 Å². The minimum atomic E-state index is -0.780. The summed E-state index contributed by atoms with van der Waals surface area (Å²) in [4.78, 5) is 30.5. The molecule has 2 aromatic rings. The molecule has 2 aromatic carbocycles. The van der Waals surface area contributed by atoms with E-state index in [0.717, 1.165) is 12.8 Å². The summed E-state index contributed by atoms with van der Waals surface area (Å²) in [5.74, 6) is -0.833. The number of carbonyl (C=O) groups is 2. The predicted molar refractivity (Wildman–Crippen MR) is 121 cm³/mol. The summed E-state index contributed by atoms with van der Waals surface area (Å²) in [6.07, 6.45) is 1.81. The summed E-state index contributed by atoms with van der Waals surface area (Å²) in [6, 6.07) is 8.82. The van der Waals surface area contributed by atoms with Crippen molar-refractivity contribution in [2.45, 2.75) is 38.6 Å². The first-order chi connectivity index (χ1) is 15.4. The van der Waals surface area contributed by atoms with E-state index in [1.807, 2.05) is 6.92 Å². The Labute approximate surface area is 188 Å². The standard InChI is InChI=1S/C25H31FN2O4/c1-6-8-13-28(7-2)25(30)22-17-14-20(31-4)21(32-5)15-18(17)24(29)27(3)23(22)16-11-9-10-12-19(16)26/h9-12,14-15,22-23H,6-8,13H2,1-5H3/t22-,23-/m0/s1. The van der Waals surface area contributed by atoms with Gasteiger partial charge in [0, 0.05) is 31.3 Å². The van der Waals surface area contributed by atoms with E-state index >= 15 is 0 Å². The zero-order valence-corrected chi connectivity index (χ0v) is 19.4. The van der Waals surface area contributed by atoms with Crippen LogP contribution in [0.4, 0.5) is 4.39 Å². The number of nitrogens with zero attached hydrogens (tertiary/aromatic N) is 2. The fraction of sp³-hybridized carbons (Fsp3) is 0.440. The molecule has 172 valence electrons. The van der Waals surface area contributed by atoms with Crippen LogP contribution in [-0.4, -0.2) is 56.0 Å². The molecule has 0 fully saturated rings. The lowest BCUT2D eigenvalue weighted by Gasteiger charge is -2.41. The molecule has 0 bridgehead atoms. The molecular formula is C25H31FN2O4. The molecule has 0 saturated carbocycles. The van der Waals surface area contributed by atoms with Crippen molar-refractivity contribution >= 4 is 11.8 Å². The topological polar surface area (TPSA) is 59.1 Å². The molecule has 0 aromatic heterocycles. The van der Waals surface area contributed by atoms with Crippen molar-refractivity contribution in [3.63, 3.8) is 0 Å².